The summed E-state index contributed by atoms with van der Waals surface area (Å²) in [7, 11) is 0. The molecule has 0 bridgehead atoms. The van der Waals surface area contributed by atoms with Crippen molar-refractivity contribution in [3.63, 3.8) is 0 Å². The highest BCUT2D eigenvalue weighted by Gasteiger charge is 2.36. The summed E-state index contributed by atoms with van der Waals surface area (Å²) >= 11 is 1.69. The van der Waals surface area contributed by atoms with Gasteiger partial charge < -0.3 is 19.7 Å². The van der Waals surface area contributed by atoms with E-state index < -0.39 is 18.2 Å². The number of rotatable bonds is 12. The molecule has 5 nitrogen and oxygen atoms in total. The minimum Gasteiger partial charge on any atom is -0.464 e. The predicted molar refractivity (Wildman–Crippen MR) is 85.7 cm³/mol. The molecule has 2 N–H and O–H groups in total. The lowest BCUT2D eigenvalue weighted by molar-refractivity contribution is -0.170. The number of hydrogen-bond acceptors (Lipinski definition) is 6. The van der Waals surface area contributed by atoms with E-state index in [1.54, 1.807) is 18.3 Å². The first-order valence-electron chi connectivity index (χ1n) is 7.73. The van der Waals surface area contributed by atoms with Crippen LogP contribution in [0, 0.1) is 0 Å². The third-order valence-electron chi connectivity index (χ3n) is 3.37. The highest BCUT2D eigenvalue weighted by molar-refractivity contribution is 7.09. The van der Waals surface area contributed by atoms with Gasteiger partial charge in [0.15, 0.2) is 5.60 Å². The van der Waals surface area contributed by atoms with Crippen molar-refractivity contribution >= 4 is 17.3 Å². The Morgan fingerprint density at radius 3 is 2.73 bits per heavy atom. The molecule has 0 aliphatic rings. The van der Waals surface area contributed by atoms with Crippen molar-refractivity contribution in [1.82, 2.24) is 0 Å². The fraction of sp³-hybridized carbons (Fsp3) is 0.688. The Morgan fingerprint density at radius 2 is 2.09 bits per heavy atom. The van der Waals surface area contributed by atoms with Crippen molar-refractivity contribution in [1.29, 1.82) is 0 Å². The van der Waals surface area contributed by atoms with Gasteiger partial charge in [-0.25, -0.2) is 4.79 Å². The van der Waals surface area contributed by atoms with Gasteiger partial charge in [-0.05, 0) is 37.6 Å². The Morgan fingerprint density at radius 1 is 1.32 bits per heavy atom. The van der Waals surface area contributed by atoms with Gasteiger partial charge in [0.2, 0.25) is 0 Å². The van der Waals surface area contributed by atoms with Crippen LogP contribution in [0.2, 0.25) is 0 Å². The number of hydrogen-bond donors (Lipinski definition) is 2. The normalized spacial score (nSPS) is 13.8. The van der Waals surface area contributed by atoms with Crippen molar-refractivity contribution in [3.8, 4) is 0 Å². The van der Waals surface area contributed by atoms with Gasteiger partial charge >= 0.3 is 5.97 Å². The van der Waals surface area contributed by atoms with Crippen molar-refractivity contribution in [2.45, 2.75) is 51.2 Å². The van der Waals surface area contributed by atoms with Gasteiger partial charge in [-0.15, -0.1) is 11.3 Å². The summed E-state index contributed by atoms with van der Waals surface area (Å²) < 4.78 is 10.3. The molecule has 0 saturated heterocycles. The standard InChI is InChI=1S/C16H26O5S/c1-2-21-15(18)16(19,13-17)9-5-3-4-6-10-20-12-14-8-7-11-22-14/h7-8,11,17,19H,2-6,9-10,12-13H2,1H3. The molecule has 0 aromatic carbocycles. The highest BCUT2D eigenvalue weighted by Crippen LogP contribution is 2.17. The van der Waals surface area contributed by atoms with E-state index in [9.17, 15) is 15.0 Å². The number of aliphatic hydroxyl groups excluding tert-OH is 1. The summed E-state index contributed by atoms with van der Waals surface area (Å²) in [4.78, 5) is 12.8. The third kappa shape index (κ3) is 6.87. The molecule has 1 unspecified atom stereocenters. The summed E-state index contributed by atoms with van der Waals surface area (Å²) in [5.41, 5.74) is -1.76. The van der Waals surface area contributed by atoms with E-state index in [1.807, 2.05) is 11.4 Å². The summed E-state index contributed by atoms with van der Waals surface area (Å²) in [5.74, 6) is -0.739. The molecule has 0 amide bonds. The van der Waals surface area contributed by atoms with Gasteiger partial charge in [0.05, 0.1) is 19.8 Å². The number of esters is 1. The molecular weight excluding hydrogens is 304 g/mol. The molecule has 0 fully saturated rings. The fourth-order valence-corrected chi connectivity index (χ4v) is 2.69. The maximum absolute atomic E-state index is 11.6. The Bertz CT molecular complexity index is 407. The monoisotopic (exact) mass is 330 g/mol. The van der Waals surface area contributed by atoms with Gasteiger partial charge in [0.25, 0.3) is 0 Å². The first-order valence-corrected chi connectivity index (χ1v) is 8.61. The second-order valence-electron chi connectivity index (χ2n) is 5.21. The number of thiophene rings is 1. The summed E-state index contributed by atoms with van der Waals surface area (Å²) in [6, 6.07) is 4.06. The SMILES string of the molecule is CCOC(=O)C(O)(CO)CCCCCCOCc1cccs1. The van der Waals surface area contributed by atoms with Crippen LogP contribution in [0.5, 0.6) is 0 Å². The van der Waals surface area contributed by atoms with Gasteiger partial charge in [0.1, 0.15) is 0 Å². The summed E-state index contributed by atoms with van der Waals surface area (Å²) in [6.45, 7) is 2.63. The molecule has 1 rings (SSSR count). The Hall–Kier alpha value is -0.950. The van der Waals surface area contributed by atoms with Crippen LogP contribution in [0.4, 0.5) is 0 Å². The van der Waals surface area contributed by atoms with Crippen LogP contribution in [0.15, 0.2) is 17.5 Å². The van der Waals surface area contributed by atoms with Crippen molar-refractivity contribution in [2.24, 2.45) is 0 Å². The first-order chi connectivity index (χ1) is 10.6. The zero-order valence-electron chi connectivity index (χ0n) is 13.1. The van der Waals surface area contributed by atoms with E-state index >= 15 is 0 Å². The Kier molecular flexibility index (Phi) is 9.31. The zero-order chi connectivity index (χ0) is 16.3. The zero-order valence-corrected chi connectivity index (χ0v) is 13.9. The Labute approximate surface area is 135 Å². The lowest BCUT2D eigenvalue weighted by Gasteiger charge is -2.23. The fourth-order valence-electron chi connectivity index (χ4n) is 2.05. The Balaban J connectivity index is 2.05. The van der Waals surface area contributed by atoms with Gasteiger partial charge in [-0.2, -0.15) is 0 Å². The molecule has 0 aliphatic heterocycles. The summed E-state index contributed by atoms with van der Waals surface area (Å²) in [5, 5.41) is 21.2. The number of aliphatic hydroxyl groups is 2. The second kappa shape index (κ2) is 10.7. The van der Waals surface area contributed by atoms with Crippen LogP contribution in [0.1, 0.15) is 43.9 Å². The third-order valence-corrected chi connectivity index (χ3v) is 4.22. The molecule has 6 heteroatoms. The van der Waals surface area contributed by atoms with Crippen molar-refractivity contribution in [2.75, 3.05) is 19.8 Å². The van der Waals surface area contributed by atoms with Gasteiger partial charge in [0, 0.05) is 11.5 Å². The molecule has 0 aliphatic carbocycles. The quantitative estimate of drug-likeness (QED) is 0.455. The van der Waals surface area contributed by atoms with Crippen LogP contribution >= 0.6 is 11.3 Å². The first kappa shape index (κ1) is 19.1. The number of carbonyl (C=O) groups is 1. The molecule has 1 aromatic rings. The molecule has 0 saturated carbocycles. The van der Waals surface area contributed by atoms with Crippen LogP contribution < -0.4 is 0 Å². The van der Waals surface area contributed by atoms with Crippen LogP contribution in [0.25, 0.3) is 0 Å². The van der Waals surface area contributed by atoms with E-state index in [0.717, 1.165) is 19.3 Å². The smallest absolute Gasteiger partial charge is 0.340 e. The molecule has 1 aromatic heterocycles. The van der Waals surface area contributed by atoms with E-state index in [4.69, 9.17) is 9.47 Å². The maximum Gasteiger partial charge on any atom is 0.340 e. The number of ether oxygens (including phenoxy) is 2. The van der Waals surface area contributed by atoms with Crippen LogP contribution in [0.3, 0.4) is 0 Å². The minimum absolute atomic E-state index is 0.197. The maximum atomic E-state index is 11.6. The molecular formula is C16H26O5S. The number of unbranched alkanes of at least 4 members (excludes halogenated alkanes) is 3. The van der Waals surface area contributed by atoms with E-state index in [-0.39, 0.29) is 13.0 Å². The lowest BCUT2D eigenvalue weighted by Crippen LogP contribution is -2.43. The van der Waals surface area contributed by atoms with Gasteiger partial charge in [-0.1, -0.05) is 18.9 Å². The average Bonchev–Trinajstić information content (AvgIpc) is 3.03. The van der Waals surface area contributed by atoms with Crippen LogP contribution in [-0.4, -0.2) is 41.6 Å². The van der Waals surface area contributed by atoms with Gasteiger partial charge in [-0.3, -0.25) is 0 Å². The van der Waals surface area contributed by atoms with Crippen LogP contribution in [-0.2, 0) is 20.9 Å². The molecule has 0 spiro atoms. The number of carbonyl (C=O) groups excluding carboxylic acids is 1. The summed E-state index contributed by atoms with van der Waals surface area (Å²) in [6.07, 6.45) is 3.68. The van der Waals surface area contributed by atoms with E-state index in [2.05, 4.69) is 6.07 Å². The van der Waals surface area contributed by atoms with E-state index in [1.165, 1.54) is 4.88 Å². The molecule has 0 radical (unpaired) electrons. The second-order valence-corrected chi connectivity index (χ2v) is 6.24. The predicted octanol–water partition coefficient (Wildman–Crippen LogP) is 2.50. The molecule has 22 heavy (non-hydrogen) atoms. The molecule has 1 atom stereocenters. The lowest BCUT2D eigenvalue weighted by atomic mass is 9.97. The van der Waals surface area contributed by atoms with Crippen molar-refractivity contribution < 1.29 is 24.5 Å². The highest BCUT2D eigenvalue weighted by atomic mass is 32.1. The molecule has 126 valence electrons. The largest absolute Gasteiger partial charge is 0.464 e. The molecule has 1 heterocycles. The van der Waals surface area contributed by atoms with Crippen molar-refractivity contribution in [3.05, 3.63) is 22.4 Å². The minimum atomic E-state index is -1.76. The van der Waals surface area contributed by atoms with E-state index in [0.29, 0.717) is 19.6 Å². The topological polar surface area (TPSA) is 76.0 Å². The average molecular weight is 330 g/mol.